The fraction of sp³-hybridized carbons (Fsp3) is 0.278. The summed E-state index contributed by atoms with van der Waals surface area (Å²) in [5, 5.41) is 0. The van der Waals surface area contributed by atoms with Gasteiger partial charge in [-0.2, -0.15) is 8.78 Å². The molecule has 0 amide bonds. The van der Waals surface area contributed by atoms with Crippen molar-refractivity contribution >= 4 is 0 Å². The molecular formula is C36H29F9O. The standard InChI is InChI=1S/C36H29F9O/c1-2-3-4-20-5-7-21(8-6-20)22-9-12-27(29(37)15-22)24-17-32(40)34(33(41)18-24)36(44,45)46-25-11-14-26(31(39)19-25)23-10-13-28(35(42)43)30(38)16-23/h3-4,9-21,35H,2,5-8H2,1H3. The molecule has 1 aliphatic rings. The van der Waals surface area contributed by atoms with Crippen LogP contribution in [0.2, 0.25) is 0 Å². The van der Waals surface area contributed by atoms with Gasteiger partial charge in [0.05, 0.1) is 5.56 Å². The maximum atomic E-state index is 15.2. The van der Waals surface area contributed by atoms with Crippen molar-refractivity contribution in [2.45, 2.75) is 57.5 Å². The average molecular weight is 649 g/mol. The Balaban J connectivity index is 1.33. The maximum absolute atomic E-state index is 15.2. The zero-order valence-electron chi connectivity index (χ0n) is 24.6. The summed E-state index contributed by atoms with van der Waals surface area (Å²) >= 11 is 0. The number of hydrogen-bond donors (Lipinski definition) is 0. The Morgan fingerprint density at radius 1 is 0.717 bits per heavy atom. The second-order valence-electron chi connectivity index (χ2n) is 11.3. The Bertz CT molecular complexity index is 1720. The van der Waals surface area contributed by atoms with E-state index in [-0.39, 0.29) is 28.2 Å². The molecule has 4 aromatic carbocycles. The van der Waals surface area contributed by atoms with Crippen LogP contribution in [-0.2, 0) is 6.11 Å². The summed E-state index contributed by atoms with van der Waals surface area (Å²) in [5.74, 6) is -6.86. The summed E-state index contributed by atoms with van der Waals surface area (Å²) in [4.78, 5) is 0. The average Bonchev–Trinajstić information content (AvgIpc) is 2.99. The maximum Gasteiger partial charge on any atom is 0.432 e. The predicted octanol–water partition coefficient (Wildman–Crippen LogP) is 12.0. The van der Waals surface area contributed by atoms with Crippen LogP contribution in [-0.4, -0.2) is 0 Å². The highest BCUT2D eigenvalue weighted by Crippen LogP contribution is 2.41. The summed E-state index contributed by atoms with van der Waals surface area (Å²) in [6.07, 6.45) is 1.24. The zero-order chi connectivity index (χ0) is 33.2. The van der Waals surface area contributed by atoms with E-state index in [9.17, 15) is 17.6 Å². The molecule has 0 radical (unpaired) electrons. The van der Waals surface area contributed by atoms with Crippen LogP contribution < -0.4 is 4.74 Å². The molecule has 0 aliphatic heterocycles. The SMILES string of the molecule is CCC=CC1CCC(c2ccc(-c3cc(F)c(C(F)(F)Oc4ccc(-c5ccc(C(F)F)c(F)c5)c(F)c4)c(F)c3)c(F)c2)CC1. The van der Waals surface area contributed by atoms with Crippen molar-refractivity contribution in [3.05, 3.63) is 125 Å². The van der Waals surface area contributed by atoms with Gasteiger partial charge in [0, 0.05) is 17.2 Å². The predicted molar refractivity (Wildman–Crippen MR) is 157 cm³/mol. The lowest BCUT2D eigenvalue weighted by Gasteiger charge is -2.27. The van der Waals surface area contributed by atoms with E-state index in [4.69, 9.17) is 0 Å². The van der Waals surface area contributed by atoms with Crippen LogP contribution in [0, 0.1) is 35.0 Å². The first-order chi connectivity index (χ1) is 21.9. The normalized spacial score (nSPS) is 17.2. The van der Waals surface area contributed by atoms with E-state index in [0.717, 1.165) is 61.9 Å². The van der Waals surface area contributed by atoms with Crippen LogP contribution in [0.4, 0.5) is 39.5 Å². The van der Waals surface area contributed by atoms with E-state index >= 15 is 22.0 Å². The molecule has 46 heavy (non-hydrogen) atoms. The van der Waals surface area contributed by atoms with Gasteiger partial charge in [-0.05, 0) is 103 Å². The lowest BCUT2D eigenvalue weighted by atomic mass is 9.78. The lowest BCUT2D eigenvalue weighted by Crippen LogP contribution is -2.25. The van der Waals surface area contributed by atoms with E-state index < -0.39 is 58.5 Å². The highest BCUT2D eigenvalue weighted by molar-refractivity contribution is 5.67. The molecule has 1 aliphatic carbocycles. The van der Waals surface area contributed by atoms with E-state index in [1.807, 2.05) is 0 Å². The zero-order valence-corrected chi connectivity index (χ0v) is 24.6. The van der Waals surface area contributed by atoms with Crippen molar-refractivity contribution in [3.8, 4) is 28.0 Å². The molecule has 0 unspecified atom stereocenters. The Kier molecular flexibility index (Phi) is 9.84. The van der Waals surface area contributed by atoms with Gasteiger partial charge in [0.15, 0.2) is 0 Å². The van der Waals surface area contributed by atoms with Gasteiger partial charge in [0.1, 0.15) is 40.4 Å². The first kappa shape index (κ1) is 33.2. The molecule has 4 aromatic rings. The van der Waals surface area contributed by atoms with Crippen LogP contribution in [0.1, 0.15) is 68.1 Å². The van der Waals surface area contributed by atoms with E-state index in [2.05, 4.69) is 23.8 Å². The van der Waals surface area contributed by atoms with Gasteiger partial charge in [-0.15, -0.1) is 0 Å². The van der Waals surface area contributed by atoms with Crippen molar-refractivity contribution < 1.29 is 44.3 Å². The molecule has 1 nitrogen and oxygen atoms in total. The second kappa shape index (κ2) is 13.6. The molecule has 10 heteroatoms. The van der Waals surface area contributed by atoms with Crippen molar-refractivity contribution in [1.29, 1.82) is 0 Å². The van der Waals surface area contributed by atoms with E-state index in [1.165, 1.54) is 12.1 Å². The number of benzene rings is 4. The van der Waals surface area contributed by atoms with Crippen molar-refractivity contribution in [2.75, 3.05) is 0 Å². The minimum atomic E-state index is -4.63. The summed E-state index contributed by atoms with van der Waals surface area (Å²) in [7, 11) is 0. The van der Waals surface area contributed by atoms with Gasteiger partial charge in [-0.1, -0.05) is 37.3 Å². The van der Waals surface area contributed by atoms with Crippen LogP contribution >= 0.6 is 0 Å². The van der Waals surface area contributed by atoms with Crippen LogP contribution in [0.25, 0.3) is 22.3 Å². The summed E-state index contributed by atoms with van der Waals surface area (Å²) < 4.78 is 134. The van der Waals surface area contributed by atoms with Crippen LogP contribution in [0.15, 0.2) is 78.9 Å². The first-order valence-corrected chi connectivity index (χ1v) is 14.8. The third-order valence-electron chi connectivity index (χ3n) is 8.26. The number of allylic oxidation sites excluding steroid dienone is 2. The van der Waals surface area contributed by atoms with Crippen LogP contribution in [0.5, 0.6) is 5.75 Å². The Morgan fingerprint density at radius 2 is 1.33 bits per heavy atom. The van der Waals surface area contributed by atoms with Gasteiger partial charge in [0.2, 0.25) is 0 Å². The molecule has 5 rings (SSSR count). The van der Waals surface area contributed by atoms with Crippen molar-refractivity contribution in [1.82, 2.24) is 0 Å². The minimum Gasteiger partial charge on any atom is -0.429 e. The lowest BCUT2D eigenvalue weighted by molar-refractivity contribution is -0.189. The Hall–Kier alpha value is -4.21. The molecule has 1 saturated carbocycles. The molecule has 0 heterocycles. The van der Waals surface area contributed by atoms with E-state index in [1.54, 1.807) is 6.07 Å². The molecule has 0 spiro atoms. The molecule has 0 N–H and O–H groups in total. The summed E-state index contributed by atoms with van der Waals surface area (Å²) in [6.45, 7) is 2.07. The summed E-state index contributed by atoms with van der Waals surface area (Å²) in [5.41, 5.74) is -2.85. The molecule has 242 valence electrons. The number of hydrogen-bond acceptors (Lipinski definition) is 1. The van der Waals surface area contributed by atoms with Gasteiger partial charge >= 0.3 is 6.11 Å². The third kappa shape index (κ3) is 7.11. The third-order valence-corrected chi connectivity index (χ3v) is 8.26. The fourth-order valence-corrected chi connectivity index (χ4v) is 5.86. The molecule has 1 fully saturated rings. The number of rotatable bonds is 9. The van der Waals surface area contributed by atoms with E-state index in [0.29, 0.717) is 30.2 Å². The topological polar surface area (TPSA) is 9.23 Å². The number of halogens is 9. The minimum absolute atomic E-state index is 0.132. The van der Waals surface area contributed by atoms with Crippen molar-refractivity contribution in [2.24, 2.45) is 5.92 Å². The smallest absolute Gasteiger partial charge is 0.429 e. The van der Waals surface area contributed by atoms with Crippen LogP contribution in [0.3, 0.4) is 0 Å². The first-order valence-electron chi connectivity index (χ1n) is 14.8. The fourth-order valence-electron chi connectivity index (χ4n) is 5.86. The number of alkyl halides is 4. The van der Waals surface area contributed by atoms with Crippen molar-refractivity contribution in [3.63, 3.8) is 0 Å². The molecule has 0 atom stereocenters. The highest BCUT2D eigenvalue weighted by Gasteiger charge is 2.41. The Labute approximate surface area is 260 Å². The molecule has 0 aromatic heterocycles. The quantitative estimate of drug-likeness (QED) is 0.130. The highest BCUT2D eigenvalue weighted by atomic mass is 19.3. The number of ether oxygens (including phenoxy) is 1. The second-order valence-corrected chi connectivity index (χ2v) is 11.3. The monoisotopic (exact) mass is 648 g/mol. The Morgan fingerprint density at radius 3 is 1.91 bits per heavy atom. The van der Waals surface area contributed by atoms with Gasteiger partial charge in [0.25, 0.3) is 6.43 Å². The van der Waals surface area contributed by atoms with Gasteiger partial charge < -0.3 is 4.74 Å². The van der Waals surface area contributed by atoms with Gasteiger partial charge in [-0.3, -0.25) is 0 Å². The molecule has 0 saturated heterocycles. The molecular weight excluding hydrogens is 619 g/mol. The largest absolute Gasteiger partial charge is 0.432 e. The summed E-state index contributed by atoms with van der Waals surface area (Å²) in [6, 6.07) is 10.2. The van der Waals surface area contributed by atoms with Gasteiger partial charge in [-0.25, -0.2) is 30.7 Å². The molecule has 0 bridgehead atoms.